The second-order valence-electron chi connectivity index (χ2n) is 3.75. The van der Waals surface area contributed by atoms with E-state index < -0.39 is 22.2 Å². The van der Waals surface area contributed by atoms with Gasteiger partial charge in [0, 0.05) is 13.2 Å². The average molecular weight is 260 g/mol. The molecule has 7 heteroatoms. The van der Waals surface area contributed by atoms with Gasteiger partial charge in [0.05, 0.1) is 23.7 Å². The third-order valence-corrected chi connectivity index (χ3v) is 2.45. The van der Waals surface area contributed by atoms with Gasteiger partial charge in [-0.25, -0.2) is 8.78 Å². The van der Waals surface area contributed by atoms with Crippen molar-refractivity contribution in [2.45, 2.75) is 19.4 Å². The van der Waals surface area contributed by atoms with Gasteiger partial charge in [0.1, 0.15) is 5.69 Å². The number of methoxy groups -OCH3 is 1. The van der Waals surface area contributed by atoms with Gasteiger partial charge in [-0.15, -0.1) is 0 Å². The fraction of sp³-hybridized carbons (Fsp3) is 0.455. The summed E-state index contributed by atoms with van der Waals surface area (Å²) in [6.45, 7) is 2.12. The molecule has 100 valence electrons. The SMILES string of the molecule is CCC(COC)Nc1c(F)cc([N+](=O)[O-])cc1F. The molecular weight excluding hydrogens is 246 g/mol. The van der Waals surface area contributed by atoms with Gasteiger partial charge in [-0.1, -0.05) is 6.92 Å². The van der Waals surface area contributed by atoms with Gasteiger partial charge in [0.2, 0.25) is 0 Å². The summed E-state index contributed by atoms with van der Waals surface area (Å²) in [5.41, 5.74) is -0.986. The minimum Gasteiger partial charge on any atom is -0.383 e. The Labute approximate surface area is 103 Å². The molecule has 18 heavy (non-hydrogen) atoms. The van der Waals surface area contributed by atoms with Gasteiger partial charge >= 0.3 is 0 Å². The smallest absolute Gasteiger partial charge is 0.275 e. The van der Waals surface area contributed by atoms with E-state index in [0.29, 0.717) is 18.6 Å². The number of nitrogens with zero attached hydrogens (tertiary/aromatic N) is 1. The molecule has 0 saturated carbocycles. The normalized spacial score (nSPS) is 12.2. The van der Waals surface area contributed by atoms with Crippen LogP contribution in [0.2, 0.25) is 0 Å². The highest BCUT2D eigenvalue weighted by Gasteiger charge is 2.19. The fourth-order valence-electron chi connectivity index (χ4n) is 1.47. The Morgan fingerprint density at radius 1 is 1.44 bits per heavy atom. The minimum absolute atomic E-state index is 0.263. The molecule has 0 radical (unpaired) electrons. The fourth-order valence-corrected chi connectivity index (χ4v) is 1.47. The summed E-state index contributed by atoms with van der Waals surface area (Å²) in [4.78, 5) is 9.58. The first-order chi connectivity index (χ1) is 8.49. The lowest BCUT2D eigenvalue weighted by molar-refractivity contribution is -0.385. The van der Waals surface area contributed by atoms with Crippen LogP contribution >= 0.6 is 0 Å². The summed E-state index contributed by atoms with van der Waals surface area (Å²) in [7, 11) is 1.48. The predicted molar refractivity (Wildman–Crippen MR) is 62.6 cm³/mol. The van der Waals surface area contributed by atoms with Gasteiger partial charge in [-0.3, -0.25) is 10.1 Å². The van der Waals surface area contributed by atoms with E-state index in [1.165, 1.54) is 7.11 Å². The van der Waals surface area contributed by atoms with Crippen molar-refractivity contribution in [2.24, 2.45) is 0 Å². The number of benzene rings is 1. The van der Waals surface area contributed by atoms with Crippen LogP contribution in [0, 0.1) is 21.7 Å². The molecule has 1 aromatic carbocycles. The Hall–Kier alpha value is -1.76. The standard InChI is InChI=1S/C11H14F2N2O3/c1-3-7(6-18-2)14-11-9(12)4-8(15(16)17)5-10(11)13/h4-5,7,14H,3,6H2,1-2H3. The number of non-ortho nitro benzene ring substituents is 1. The molecule has 0 amide bonds. The number of nitrogens with one attached hydrogen (secondary N) is 1. The van der Waals surface area contributed by atoms with Crippen molar-refractivity contribution in [2.75, 3.05) is 19.0 Å². The van der Waals surface area contributed by atoms with Crippen LogP contribution in [0.4, 0.5) is 20.2 Å². The highest BCUT2D eigenvalue weighted by molar-refractivity contribution is 5.52. The Balaban J connectivity index is 2.99. The van der Waals surface area contributed by atoms with E-state index in [-0.39, 0.29) is 18.3 Å². The van der Waals surface area contributed by atoms with Gasteiger partial charge in [-0.2, -0.15) is 0 Å². The molecule has 0 aliphatic heterocycles. The second kappa shape index (κ2) is 6.25. The van der Waals surface area contributed by atoms with E-state index in [1.807, 2.05) is 6.92 Å². The number of nitro groups is 1. The van der Waals surface area contributed by atoms with E-state index in [1.54, 1.807) is 0 Å². The van der Waals surface area contributed by atoms with E-state index in [9.17, 15) is 18.9 Å². The van der Waals surface area contributed by atoms with Crippen LogP contribution in [0.5, 0.6) is 0 Å². The van der Waals surface area contributed by atoms with Crippen LogP contribution in [0.1, 0.15) is 13.3 Å². The Bertz CT molecular complexity index is 417. The van der Waals surface area contributed by atoms with Crippen molar-refractivity contribution >= 4 is 11.4 Å². The molecule has 1 atom stereocenters. The molecule has 0 saturated heterocycles. The summed E-state index contributed by atoms with van der Waals surface area (Å²) in [5.74, 6) is -1.98. The number of anilines is 1. The summed E-state index contributed by atoms with van der Waals surface area (Å²) in [6.07, 6.45) is 0.601. The van der Waals surface area contributed by atoms with Crippen molar-refractivity contribution in [1.29, 1.82) is 0 Å². The highest BCUT2D eigenvalue weighted by atomic mass is 19.1. The molecule has 0 bridgehead atoms. The molecule has 0 spiro atoms. The van der Waals surface area contributed by atoms with Gasteiger partial charge < -0.3 is 10.1 Å². The maximum atomic E-state index is 13.6. The molecule has 5 nitrogen and oxygen atoms in total. The van der Waals surface area contributed by atoms with Crippen LogP contribution < -0.4 is 5.32 Å². The monoisotopic (exact) mass is 260 g/mol. The van der Waals surface area contributed by atoms with Crippen LogP contribution in [0.3, 0.4) is 0 Å². The molecule has 1 unspecified atom stereocenters. The van der Waals surface area contributed by atoms with Crippen LogP contribution in [-0.4, -0.2) is 24.7 Å². The number of rotatable bonds is 6. The molecule has 0 heterocycles. The first-order valence-electron chi connectivity index (χ1n) is 5.38. The molecular formula is C11H14F2N2O3. The van der Waals surface area contributed by atoms with Gasteiger partial charge in [0.15, 0.2) is 11.6 Å². The van der Waals surface area contributed by atoms with Gasteiger partial charge in [-0.05, 0) is 6.42 Å². The zero-order chi connectivity index (χ0) is 13.7. The zero-order valence-corrected chi connectivity index (χ0v) is 10.1. The lowest BCUT2D eigenvalue weighted by atomic mass is 10.2. The van der Waals surface area contributed by atoms with E-state index in [2.05, 4.69) is 5.32 Å². The number of nitro benzene ring substituents is 1. The quantitative estimate of drug-likeness (QED) is 0.631. The number of halogens is 2. The van der Waals surface area contributed by atoms with Crippen molar-refractivity contribution in [3.63, 3.8) is 0 Å². The molecule has 0 aliphatic rings. The number of hydrogen-bond acceptors (Lipinski definition) is 4. The molecule has 0 aliphatic carbocycles. The molecule has 0 fully saturated rings. The molecule has 0 aromatic heterocycles. The molecule has 1 N–H and O–H groups in total. The first kappa shape index (κ1) is 14.3. The highest BCUT2D eigenvalue weighted by Crippen LogP contribution is 2.25. The third-order valence-electron chi connectivity index (χ3n) is 2.45. The lowest BCUT2D eigenvalue weighted by Crippen LogP contribution is -2.25. The van der Waals surface area contributed by atoms with E-state index in [0.717, 1.165) is 0 Å². The topological polar surface area (TPSA) is 64.4 Å². The maximum absolute atomic E-state index is 13.6. The van der Waals surface area contributed by atoms with Crippen molar-refractivity contribution in [3.05, 3.63) is 33.9 Å². The predicted octanol–water partition coefficient (Wildman–Crippen LogP) is 2.71. The largest absolute Gasteiger partial charge is 0.383 e. The number of ether oxygens (including phenoxy) is 1. The van der Waals surface area contributed by atoms with Crippen LogP contribution in [0.15, 0.2) is 12.1 Å². The zero-order valence-electron chi connectivity index (χ0n) is 10.1. The molecule has 1 aromatic rings. The van der Waals surface area contributed by atoms with Crippen molar-refractivity contribution < 1.29 is 18.4 Å². The third kappa shape index (κ3) is 3.36. The number of hydrogen-bond donors (Lipinski definition) is 1. The first-order valence-corrected chi connectivity index (χ1v) is 5.38. The summed E-state index contributed by atoms with van der Waals surface area (Å²) in [6, 6.07) is 1.11. The van der Waals surface area contributed by atoms with Crippen LogP contribution in [0.25, 0.3) is 0 Å². The van der Waals surface area contributed by atoms with Crippen molar-refractivity contribution in [1.82, 2.24) is 0 Å². The Morgan fingerprint density at radius 2 is 2.00 bits per heavy atom. The van der Waals surface area contributed by atoms with Gasteiger partial charge in [0.25, 0.3) is 5.69 Å². The Kier molecular flexibility index (Phi) is 4.96. The molecule has 1 rings (SSSR count). The summed E-state index contributed by atoms with van der Waals surface area (Å²) < 4.78 is 32.0. The summed E-state index contributed by atoms with van der Waals surface area (Å²) in [5, 5.41) is 13.1. The summed E-state index contributed by atoms with van der Waals surface area (Å²) >= 11 is 0. The van der Waals surface area contributed by atoms with Crippen LogP contribution in [-0.2, 0) is 4.74 Å². The minimum atomic E-state index is -0.990. The second-order valence-corrected chi connectivity index (χ2v) is 3.75. The average Bonchev–Trinajstić information content (AvgIpc) is 2.31. The maximum Gasteiger partial charge on any atom is 0.275 e. The Morgan fingerprint density at radius 3 is 2.39 bits per heavy atom. The van der Waals surface area contributed by atoms with E-state index in [4.69, 9.17) is 4.74 Å². The lowest BCUT2D eigenvalue weighted by Gasteiger charge is -2.18. The van der Waals surface area contributed by atoms with Crippen molar-refractivity contribution in [3.8, 4) is 0 Å². The van der Waals surface area contributed by atoms with E-state index >= 15 is 0 Å².